The van der Waals surface area contributed by atoms with E-state index in [1.807, 2.05) is 17.9 Å². The highest BCUT2D eigenvalue weighted by Crippen LogP contribution is 2.33. The van der Waals surface area contributed by atoms with E-state index in [1.54, 1.807) is 37.3 Å². The minimum Gasteiger partial charge on any atom is -0.492 e. The lowest BCUT2D eigenvalue weighted by atomic mass is 10.1. The van der Waals surface area contributed by atoms with Crippen molar-refractivity contribution in [3.05, 3.63) is 48.0 Å². The van der Waals surface area contributed by atoms with Gasteiger partial charge in [-0.3, -0.25) is 4.79 Å². The molecule has 1 amide bonds. The topological polar surface area (TPSA) is 88.1 Å². The van der Waals surface area contributed by atoms with Crippen molar-refractivity contribution in [3.8, 4) is 5.75 Å². The van der Waals surface area contributed by atoms with Gasteiger partial charge in [0.15, 0.2) is 0 Å². The first-order chi connectivity index (χ1) is 13.9. The van der Waals surface area contributed by atoms with Crippen LogP contribution in [-0.4, -0.2) is 33.3 Å². The molecule has 0 atom stereocenters. The number of amides is 1. The molecule has 0 bridgehead atoms. The molecule has 8 heteroatoms. The molecule has 29 heavy (non-hydrogen) atoms. The zero-order valence-corrected chi connectivity index (χ0v) is 17.6. The van der Waals surface area contributed by atoms with E-state index in [0.29, 0.717) is 36.1 Å². The van der Waals surface area contributed by atoms with Gasteiger partial charge >= 0.3 is 0 Å². The van der Waals surface area contributed by atoms with E-state index >= 15 is 0 Å². The van der Waals surface area contributed by atoms with E-state index in [0.717, 1.165) is 12.8 Å². The molecule has 2 aromatic carbocycles. The molecule has 154 valence electrons. The van der Waals surface area contributed by atoms with Crippen LogP contribution in [0.4, 0.5) is 11.4 Å². The third-order valence-electron chi connectivity index (χ3n) is 4.60. The van der Waals surface area contributed by atoms with E-state index in [1.165, 1.54) is 6.07 Å². The van der Waals surface area contributed by atoms with Crippen LogP contribution >= 0.6 is 0 Å². The van der Waals surface area contributed by atoms with Crippen molar-refractivity contribution in [3.63, 3.8) is 0 Å². The fraction of sp³-hybridized carbons (Fsp3) is 0.333. The van der Waals surface area contributed by atoms with E-state index in [-0.39, 0.29) is 10.5 Å². The third kappa shape index (κ3) is 4.42. The number of para-hydroxylation sites is 2. The summed E-state index contributed by atoms with van der Waals surface area (Å²) in [5.41, 5.74) is 1.32. The minimum absolute atomic E-state index is 0.0462. The summed E-state index contributed by atoms with van der Waals surface area (Å²) in [6, 6.07) is 11.8. The average molecular weight is 416 g/mol. The van der Waals surface area contributed by atoms with Gasteiger partial charge in [0, 0.05) is 12.1 Å². The first kappa shape index (κ1) is 20.9. The molecule has 0 fully saturated rings. The molecule has 1 aliphatic heterocycles. The van der Waals surface area contributed by atoms with Crippen molar-refractivity contribution >= 4 is 33.1 Å². The van der Waals surface area contributed by atoms with Gasteiger partial charge in [-0.25, -0.2) is 0 Å². The van der Waals surface area contributed by atoms with Gasteiger partial charge in [-0.15, -0.1) is 4.40 Å². The molecule has 0 aliphatic carbocycles. The maximum absolute atomic E-state index is 12.8. The highest BCUT2D eigenvalue weighted by atomic mass is 32.2. The van der Waals surface area contributed by atoms with Gasteiger partial charge in [-0.1, -0.05) is 25.5 Å². The second-order valence-electron chi connectivity index (χ2n) is 6.68. The monoisotopic (exact) mass is 415 g/mol. The van der Waals surface area contributed by atoms with Crippen LogP contribution in [0, 0.1) is 0 Å². The smallest absolute Gasteiger partial charge is 0.286 e. The summed E-state index contributed by atoms with van der Waals surface area (Å²) >= 11 is 0. The molecular formula is C21H25N3O4S. The average Bonchev–Trinajstić information content (AvgIpc) is 2.69. The number of ether oxygens (including phenoxy) is 1. The van der Waals surface area contributed by atoms with Gasteiger partial charge in [0.1, 0.15) is 16.5 Å². The Morgan fingerprint density at radius 2 is 1.93 bits per heavy atom. The van der Waals surface area contributed by atoms with Gasteiger partial charge in [-0.05, 0) is 50.6 Å². The molecule has 2 aromatic rings. The summed E-state index contributed by atoms with van der Waals surface area (Å²) in [7, 11) is -3.85. The molecule has 0 saturated carbocycles. The number of nitrogens with one attached hydrogen (secondary N) is 1. The van der Waals surface area contributed by atoms with Crippen LogP contribution in [0.25, 0.3) is 0 Å². The molecule has 3 rings (SSSR count). The van der Waals surface area contributed by atoms with E-state index in [2.05, 4.69) is 16.6 Å². The number of carbonyl (C=O) groups is 1. The first-order valence-electron chi connectivity index (χ1n) is 9.63. The van der Waals surface area contributed by atoms with Crippen LogP contribution in [0.1, 0.15) is 44.0 Å². The van der Waals surface area contributed by atoms with Gasteiger partial charge in [-0.2, -0.15) is 8.42 Å². The fourth-order valence-corrected chi connectivity index (χ4v) is 4.44. The molecular weight excluding hydrogens is 390 g/mol. The number of rotatable bonds is 7. The summed E-state index contributed by atoms with van der Waals surface area (Å²) in [6.45, 7) is 6.75. The highest BCUT2D eigenvalue weighted by molar-refractivity contribution is 7.90. The maximum atomic E-state index is 12.8. The molecule has 1 N–H and O–H groups in total. The molecule has 0 unspecified atom stereocenters. The number of sulfonamides is 1. The predicted octanol–water partition coefficient (Wildman–Crippen LogP) is 4.06. The number of unbranched alkanes of at least 4 members (excludes halogenated alkanes) is 1. The standard InChI is InChI=1S/C21H25N3O4S/c1-4-6-13-24-15(3)23-29(26,27)20-14-16(11-12-18(20)24)21(25)22-17-9-7-8-10-19(17)28-5-2/h7-12,14H,4-6,13H2,1-3H3,(H,22,25). The van der Waals surface area contributed by atoms with Crippen LogP contribution in [0.15, 0.2) is 51.8 Å². The quantitative estimate of drug-likeness (QED) is 0.737. The number of amidine groups is 1. The lowest BCUT2D eigenvalue weighted by molar-refractivity contribution is 0.102. The zero-order valence-electron chi connectivity index (χ0n) is 16.8. The van der Waals surface area contributed by atoms with E-state index in [9.17, 15) is 13.2 Å². The second-order valence-corrected chi connectivity index (χ2v) is 8.26. The number of anilines is 2. The van der Waals surface area contributed by atoms with Crippen LogP contribution < -0.4 is 15.0 Å². The fourth-order valence-electron chi connectivity index (χ4n) is 3.18. The van der Waals surface area contributed by atoms with Crippen LogP contribution in [0.5, 0.6) is 5.75 Å². The van der Waals surface area contributed by atoms with Crippen LogP contribution in [0.3, 0.4) is 0 Å². The molecule has 0 aromatic heterocycles. The SMILES string of the molecule is CCCCN1C(C)=NS(=O)(=O)c2cc(C(=O)Nc3ccccc3OCC)ccc21. The molecule has 0 saturated heterocycles. The predicted molar refractivity (Wildman–Crippen MR) is 115 cm³/mol. The Bertz CT molecular complexity index is 1050. The van der Waals surface area contributed by atoms with E-state index in [4.69, 9.17) is 4.74 Å². The summed E-state index contributed by atoms with van der Waals surface area (Å²) in [4.78, 5) is 14.7. The number of nitrogens with zero attached hydrogens (tertiary/aromatic N) is 2. The summed E-state index contributed by atoms with van der Waals surface area (Å²) in [5.74, 6) is 0.579. The second kappa shape index (κ2) is 8.65. The molecule has 7 nitrogen and oxygen atoms in total. The van der Waals surface area contributed by atoms with Crippen LogP contribution in [0.2, 0.25) is 0 Å². The highest BCUT2D eigenvalue weighted by Gasteiger charge is 2.29. The van der Waals surface area contributed by atoms with Gasteiger partial charge in [0.2, 0.25) is 0 Å². The van der Waals surface area contributed by atoms with Gasteiger partial charge in [0.05, 0.1) is 18.0 Å². The normalized spacial score (nSPS) is 14.7. The summed E-state index contributed by atoms with van der Waals surface area (Å²) < 4.78 is 34.6. The number of hydrogen-bond acceptors (Lipinski definition) is 5. The van der Waals surface area contributed by atoms with E-state index < -0.39 is 15.9 Å². The Kier molecular flexibility index (Phi) is 6.22. The first-order valence-corrected chi connectivity index (χ1v) is 11.1. The number of hydrogen-bond donors (Lipinski definition) is 1. The lowest BCUT2D eigenvalue weighted by Crippen LogP contribution is -2.34. The zero-order chi connectivity index (χ0) is 21.0. The minimum atomic E-state index is -3.85. The van der Waals surface area contributed by atoms with Gasteiger partial charge in [0.25, 0.3) is 15.9 Å². The number of fused-ring (bicyclic) bond motifs is 1. The lowest BCUT2D eigenvalue weighted by Gasteiger charge is -2.29. The van der Waals surface area contributed by atoms with Crippen molar-refractivity contribution in [2.24, 2.45) is 4.40 Å². The molecule has 0 radical (unpaired) electrons. The van der Waals surface area contributed by atoms with Crippen molar-refractivity contribution < 1.29 is 17.9 Å². The molecule has 1 heterocycles. The molecule has 0 spiro atoms. The summed E-state index contributed by atoms with van der Waals surface area (Å²) in [6.07, 6.45) is 1.88. The number of benzene rings is 2. The third-order valence-corrected chi connectivity index (χ3v) is 5.99. The van der Waals surface area contributed by atoms with Crippen molar-refractivity contribution in [2.75, 3.05) is 23.4 Å². The number of carbonyl (C=O) groups excluding carboxylic acids is 1. The van der Waals surface area contributed by atoms with Crippen LogP contribution in [-0.2, 0) is 10.0 Å². The Morgan fingerprint density at radius 3 is 2.66 bits per heavy atom. The van der Waals surface area contributed by atoms with Crippen molar-refractivity contribution in [1.29, 1.82) is 0 Å². The Hall–Kier alpha value is -2.87. The Balaban J connectivity index is 1.93. The van der Waals surface area contributed by atoms with Crippen molar-refractivity contribution in [2.45, 2.75) is 38.5 Å². The summed E-state index contributed by atoms with van der Waals surface area (Å²) in [5, 5.41) is 2.79. The largest absolute Gasteiger partial charge is 0.492 e. The van der Waals surface area contributed by atoms with Gasteiger partial charge < -0.3 is 15.0 Å². The maximum Gasteiger partial charge on any atom is 0.286 e. The molecule has 1 aliphatic rings. The van der Waals surface area contributed by atoms with Crippen molar-refractivity contribution in [1.82, 2.24) is 0 Å². The Labute approximate surface area is 171 Å². The Morgan fingerprint density at radius 1 is 1.17 bits per heavy atom.